The number of aliphatic imine (C=N–C) groups is 1. The van der Waals surface area contributed by atoms with Gasteiger partial charge >= 0.3 is 0 Å². The molecule has 0 bridgehead atoms. The van der Waals surface area contributed by atoms with Gasteiger partial charge in [0.2, 0.25) is 0 Å². The standard InChI is InChI=1S/C22H30N4O.HI/c1-23-21(25-16-19-8-4-7-15-24-19)26-17-22(13-5-3-6-14-22)18-9-11-20(27-2)12-10-18;/h4,7-12,15H,3,5-6,13-14,16-17H2,1-2H3,(H2,23,25,26);1H. The number of guanidine groups is 1. The zero-order valence-corrected chi connectivity index (χ0v) is 19.1. The van der Waals surface area contributed by atoms with Gasteiger partial charge in [-0.3, -0.25) is 9.98 Å². The van der Waals surface area contributed by atoms with Crippen LogP contribution < -0.4 is 15.4 Å². The van der Waals surface area contributed by atoms with Gasteiger partial charge in [0, 0.05) is 25.2 Å². The van der Waals surface area contributed by atoms with E-state index in [1.54, 1.807) is 7.11 Å². The summed E-state index contributed by atoms with van der Waals surface area (Å²) in [5.74, 6) is 1.73. The minimum Gasteiger partial charge on any atom is -0.497 e. The Morgan fingerprint density at radius 2 is 1.82 bits per heavy atom. The molecule has 1 saturated carbocycles. The number of methoxy groups -OCH3 is 1. The van der Waals surface area contributed by atoms with Gasteiger partial charge in [0.05, 0.1) is 19.3 Å². The van der Waals surface area contributed by atoms with E-state index in [0.29, 0.717) is 6.54 Å². The normalized spacial score (nSPS) is 16.0. The average molecular weight is 494 g/mol. The Balaban J connectivity index is 0.00000280. The molecule has 0 aliphatic heterocycles. The molecule has 1 heterocycles. The van der Waals surface area contributed by atoms with Gasteiger partial charge in [-0.1, -0.05) is 37.5 Å². The molecule has 1 fully saturated rings. The quantitative estimate of drug-likeness (QED) is 0.358. The lowest BCUT2D eigenvalue weighted by molar-refractivity contribution is 0.291. The molecule has 28 heavy (non-hydrogen) atoms. The van der Waals surface area contributed by atoms with Gasteiger partial charge in [0.1, 0.15) is 5.75 Å². The molecule has 1 aliphatic rings. The van der Waals surface area contributed by atoms with Gasteiger partial charge in [-0.25, -0.2) is 0 Å². The van der Waals surface area contributed by atoms with Crippen LogP contribution in [0.2, 0.25) is 0 Å². The number of nitrogens with one attached hydrogen (secondary N) is 2. The van der Waals surface area contributed by atoms with E-state index >= 15 is 0 Å². The Bertz CT molecular complexity index is 728. The average Bonchev–Trinajstić information content (AvgIpc) is 2.75. The highest BCUT2D eigenvalue weighted by atomic mass is 127. The number of aromatic nitrogens is 1. The lowest BCUT2D eigenvalue weighted by atomic mass is 9.69. The van der Waals surface area contributed by atoms with E-state index in [2.05, 4.69) is 44.9 Å². The predicted molar refractivity (Wildman–Crippen MR) is 126 cm³/mol. The number of pyridine rings is 1. The number of hydrogen-bond acceptors (Lipinski definition) is 3. The second-order valence-electron chi connectivity index (χ2n) is 7.17. The van der Waals surface area contributed by atoms with Crippen molar-refractivity contribution in [3.05, 3.63) is 59.9 Å². The fraction of sp³-hybridized carbons (Fsp3) is 0.455. The summed E-state index contributed by atoms with van der Waals surface area (Å²) in [6.07, 6.45) is 8.08. The summed E-state index contributed by atoms with van der Waals surface area (Å²) in [4.78, 5) is 8.74. The van der Waals surface area contributed by atoms with Crippen molar-refractivity contribution < 1.29 is 4.74 Å². The van der Waals surface area contributed by atoms with Gasteiger partial charge in [0.25, 0.3) is 0 Å². The summed E-state index contributed by atoms with van der Waals surface area (Å²) >= 11 is 0. The van der Waals surface area contributed by atoms with E-state index in [9.17, 15) is 0 Å². The maximum Gasteiger partial charge on any atom is 0.191 e. The first kappa shape index (κ1) is 22.5. The summed E-state index contributed by atoms with van der Waals surface area (Å²) in [5.41, 5.74) is 2.53. The van der Waals surface area contributed by atoms with Crippen molar-refractivity contribution in [3.8, 4) is 5.75 Å². The van der Waals surface area contributed by atoms with Gasteiger partial charge in [0.15, 0.2) is 5.96 Å². The molecule has 2 aromatic rings. The van der Waals surface area contributed by atoms with Gasteiger partial charge in [-0.05, 0) is 42.7 Å². The zero-order valence-electron chi connectivity index (χ0n) is 16.8. The van der Waals surface area contributed by atoms with Crippen LogP contribution in [0, 0.1) is 0 Å². The van der Waals surface area contributed by atoms with Crippen molar-refractivity contribution >= 4 is 29.9 Å². The molecule has 1 aliphatic carbocycles. The minimum absolute atomic E-state index is 0. The van der Waals surface area contributed by atoms with Gasteiger partial charge in [-0.2, -0.15) is 0 Å². The first-order valence-electron chi connectivity index (χ1n) is 9.75. The SMILES string of the molecule is CN=C(NCc1ccccn1)NCC1(c2ccc(OC)cc2)CCCCC1.I. The second kappa shape index (κ2) is 11.2. The zero-order chi connectivity index (χ0) is 19.0. The van der Waals surface area contributed by atoms with Crippen LogP contribution in [0.25, 0.3) is 0 Å². The largest absolute Gasteiger partial charge is 0.497 e. The van der Waals surface area contributed by atoms with Gasteiger partial charge < -0.3 is 15.4 Å². The van der Waals surface area contributed by atoms with Gasteiger partial charge in [-0.15, -0.1) is 24.0 Å². The summed E-state index contributed by atoms with van der Waals surface area (Å²) in [6, 6.07) is 14.5. The van der Waals surface area contributed by atoms with Crippen molar-refractivity contribution in [2.45, 2.75) is 44.1 Å². The van der Waals surface area contributed by atoms with E-state index in [0.717, 1.165) is 23.9 Å². The van der Waals surface area contributed by atoms with E-state index in [-0.39, 0.29) is 29.4 Å². The van der Waals surface area contributed by atoms with Crippen molar-refractivity contribution in [1.82, 2.24) is 15.6 Å². The molecule has 0 radical (unpaired) electrons. The Morgan fingerprint density at radius 1 is 1.07 bits per heavy atom. The highest BCUT2D eigenvalue weighted by molar-refractivity contribution is 14.0. The third-order valence-corrected chi connectivity index (χ3v) is 5.49. The van der Waals surface area contributed by atoms with E-state index in [1.807, 2.05) is 31.4 Å². The number of rotatable bonds is 6. The third-order valence-electron chi connectivity index (χ3n) is 5.49. The summed E-state index contributed by atoms with van der Waals surface area (Å²) in [7, 11) is 3.53. The molecule has 5 nitrogen and oxygen atoms in total. The molecule has 0 amide bonds. The lowest BCUT2D eigenvalue weighted by Gasteiger charge is -2.38. The van der Waals surface area contributed by atoms with Crippen LogP contribution in [-0.4, -0.2) is 31.6 Å². The summed E-state index contributed by atoms with van der Waals surface area (Å²) < 4.78 is 5.33. The first-order valence-corrected chi connectivity index (χ1v) is 9.75. The maximum absolute atomic E-state index is 5.33. The van der Waals surface area contributed by atoms with E-state index in [1.165, 1.54) is 37.7 Å². The molecular weight excluding hydrogens is 463 g/mol. The number of nitrogens with zero attached hydrogens (tertiary/aromatic N) is 2. The minimum atomic E-state index is 0. The fourth-order valence-electron chi connectivity index (χ4n) is 3.89. The smallest absolute Gasteiger partial charge is 0.191 e. The van der Waals surface area contributed by atoms with Crippen molar-refractivity contribution in [3.63, 3.8) is 0 Å². The highest BCUT2D eigenvalue weighted by Crippen LogP contribution is 2.39. The molecule has 2 N–H and O–H groups in total. The number of ether oxygens (including phenoxy) is 1. The van der Waals surface area contributed by atoms with Crippen LogP contribution in [0.1, 0.15) is 43.4 Å². The number of hydrogen-bond donors (Lipinski definition) is 2. The first-order chi connectivity index (χ1) is 13.3. The van der Waals surface area contributed by atoms with Crippen LogP contribution in [0.5, 0.6) is 5.75 Å². The van der Waals surface area contributed by atoms with Crippen molar-refractivity contribution in [2.75, 3.05) is 20.7 Å². The summed E-state index contributed by atoms with van der Waals surface area (Å²) in [6.45, 7) is 1.54. The summed E-state index contributed by atoms with van der Waals surface area (Å²) in [5, 5.41) is 6.93. The van der Waals surface area contributed by atoms with Crippen LogP contribution in [-0.2, 0) is 12.0 Å². The fourth-order valence-corrected chi connectivity index (χ4v) is 3.89. The topological polar surface area (TPSA) is 58.5 Å². The molecule has 1 aromatic heterocycles. The molecule has 0 saturated heterocycles. The predicted octanol–water partition coefficient (Wildman–Crippen LogP) is 4.28. The third kappa shape index (κ3) is 5.83. The number of benzene rings is 1. The molecular formula is C22H31IN4O. The molecule has 0 unspecified atom stereocenters. The van der Waals surface area contributed by atoms with E-state index in [4.69, 9.17) is 4.74 Å². The van der Waals surface area contributed by atoms with Crippen LogP contribution >= 0.6 is 24.0 Å². The Kier molecular flexibility index (Phi) is 9.02. The van der Waals surface area contributed by atoms with E-state index < -0.39 is 0 Å². The Morgan fingerprint density at radius 3 is 2.43 bits per heavy atom. The monoisotopic (exact) mass is 494 g/mol. The lowest BCUT2D eigenvalue weighted by Crippen LogP contribution is -2.46. The second-order valence-corrected chi connectivity index (χ2v) is 7.17. The van der Waals surface area contributed by atoms with Crippen LogP contribution in [0.3, 0.4) is 0 Å². The van der Waals surface area contributed by atoms with Crippen LogP contribution in [0.15, 0.2) is 53.7 Å². The molecule has 0 spiro atoms. The molecule has 1 aromatic carbocycles. The highest BCUT2D eigenvalue weighted by Gasteiger charge is 2.34. The molecule has 0 atom stereocenters. The van der Waals surface area contributed by atoms with Crippen molar-refractivity contribution in [2.24, 2.45) is 4.99 Å². The van der Waals surface area contributed by atoms with Crippen molar-refractivity contribution in [1.29, 1.82) is 0 Å². The molecule has 3 rings (SSSR count). The Labute approximate surface area is 185 Å². The Hall–Kier alpha value is -1.83. The maximum atomic E-state index is 5.33. The van der Waals surface area contributed by atoms with Crippen LogP contribution in [0.4, 0.5) is 0 Å². The molecule has 6 heteroatoms. The number of halogens is 1. The molecule has 152 valence electrons.